The molecule has 0 aliphatic carbocycles. The van der Waals surface area contributed by atoms with Crippen molar-refractivity contribution in [1.82, 2.24) is 19.8 Å². The van der Waals surface area contributed by atoms with E-state index in [1.807, 2.05) is 62.5 Å². The number of aliphatic hydroxyl groups excluding tert-OH is 1. The molecule has 0 spiro atoms. The van der Waals surface area contributed by atoms with Crippen molar-refractivity contribution in [3.05, 3.63) is 72.2 Å². The summed E-state index contributed by atoms with van der Waals surface area (Å²) in [5.74, 6) is 0.897. The molecule has 0 saturated heterocycles. The molecular formula is C28H34N4O4. The van der Waals surface area contributed by atoms with Crippen molar-refractivity contribution in [1.29, 1.82) is 0 Å². The first-order valence-corrected chi connectivity index (χ1v) is 12.2. The number of nitrogens with zero attached hydrogens (tertiary/aromatic N) is 4. The highest BCUT2D eigenvalue weighted by molar-refractivity contribution is 5.98. The average molecular weight is 491 g/mol. The fraction of sp³-hybridized carbons (Fsp3) is 0.393. The van der Waals surface area contributed by atoms with E-state index in [1.54, 1.807) is 24.4 Å². The number of amides is 1. The zero-order valence-corrected chi connectivity index (χ0v) is 21.3. The first-order valence-electron chi connectivity index (χ1n) is 12.2. The Morgan fingerprint density at radius 1 is 1.19 bits per heavy atom. The first kappa shape index (κ1) is 25.6. The number of hydrogen-bond acceptors (Lipinski definition) is 7. The Hall–Kier alpha value is -3.49. The van der Waals surface area contributed by atoms with Gasteiger partial charge in [-0.2, -0.15) is 0 Å². The van der Waals surface area contributed by atoms with Crippen LogP contribution < -0.4 is 9.47 Å². The van der Waals surface area contributed by atoms with E-state index in [-0.39, 0.29) is 30.6 Å². The van der Waals surface area contributed by atoms with Gasteiger partial charge < -0.3 is 19.5 Å². The number of carbonyl (C=O) groups is 1. The molecule has 0 fully saturated rings. The van der Waals surface area contributed by atoms with Crippen LogP contribution >= 0.6 is 0 Å². The maximum absolute atomic E-state index is 13.6. The van der Waals surface area contributed by atoms with Crippen LogP contribution in [0.1, 0.15) is 29.9 Å². The number of pyridine rings is 2. The molecule has 0 bridgehead atoms. The number of ether oxygens (including phenoxy) is 2. The minimum absolute atomic E-state index is 0.0188. The number of methoxy groups -OCH3 is 1. The van der Waals surface area contributed by atoms with Crippen LogP contribution in [0.3, 0.4) is 0 Å². The normalized spacial score (nSPS) is 18.7. The minimum atomic E-state index is -0.331. The van der Waals surface area contributed by atoms with Crippen molar-refractivity contribution >= 4 is 5.91 Å². The summed E-state index contributed by atoms with van der Waals surface area (Å²) in [5, 5.41) is 9.89. The molecule has 1 amide bonds. The summed E-state index contributed by atoms with van der Waals surface area (Å²) in [6.45, 7) is 5.59. The van der Waals surface area contributed by atoms with E-state index >= 15 is 0 Å². The number of aliphatic hydroxyl groups is 1. The average Bonchev–Trinajstić information content (AvgIpc) is 2.90. The van der Waals surface area contributed by atoms with Gasteiger partial charge in [-0.3, -0.25) is 14.7 Å². The molecule has 3 heterocycles. The van der Waals surface area contributed by atoms with Gasteiger partial charge in [0.25, 0.3) is 5.91 Å². The molecule has 36 heavy (non-hydrogen) atoms. The second-order valence-corrected chi connectivity index (χ2v) is 9.45. The summed E-state index contributed by atoms with van der Waals surface area (Å²) < 4.78 is 11.7. The summed E-state index contributed by atoms with van der Waals surface area (Å²) in [6, 6.07) is 15.0. The van der Waals surface area contributed by atoms with Crippen LogP contribution in [0, 0.1) is 5.92 Å². The van der Waals surface area contributed by atoms with Crippen molar-refractivity contribution in [2.45, 2.75) is 32.5 Å². The lowest BCUT2D eigenvalue weighted by Gasteiger charge is -2.37. The molecule has 3 aromatic rings. The van der Waals surface area contributed by atoms with Crippen molar-refractivity contribution in [3.8, 4) is 22.8 Å². The van der Waals surface area contributed by atoms with Crippen LogP contribution in [-0.2, 0) is 6.54 Å². The van der Waals surface area contributed by atoms with E-state index in [1.165, 1.54) is 0 Å². The van der Waals surface area contributed by atoms with Gasteiger partial charge in [-0.05, 0) is 49.9 Å². The maximum Gasteiger partial charge on any atom is 0.259 e. The third kappa shape index (κ3) is 5.83. The Morgan fingerprint density at radius 3 is 2.64 bits per heavy atom. The Bertz CT molecular complexity index is 1160. The Kier molecular flexibility index (Phi) is 8.18. The van der Waals surface area contributed by atoms with Gasteiger partial charge in [-0.25, -0.2) is 4.98 Å². The van der Waals surface area contributed by atoms with Gasteiger partial charge in [0, 0.05) is 43.5 Å². The van der Waals surface area contributed by atoms with Gasteiger partial charge >= 0.3 is 0 Å². The summed E-state index contributed by atoms with van der Waals surface area (Å²) in [5.41, 5.74) is 3.10. The van der Waals surface area contributed by atoms with Gasteiger partial charge in [0.1, 0.15) is 17.4 Å². The van der Waals surface area contributed by atoms with Gasteiger partial charge in [0.05, 0.1) is 25.5 Å². The maximum atomic E-state index is 13.6. The van der Waals surface area contributed by atoms with Crippen LogP contribution in [0.15, 0.2) is 60.9 Å². The largest absolute Gasteiger partial charge is 0.497 e. The molecule has 1 aliphatic rings. The molecule has 1 aromatic carbocycles. The predicted octanol–water partition coefficient (Wildman–Crippen LogP) is 3.50. The molecule has 2 aromatic heterocycles. The SMILES string of the molecule is COc1ccc(-c2cnc3c(c2)C(=O)N([C@H](C)CO)C[C@@H](C)[C@H](CN(C)Cc2ccccn2)O3)cc1. The lowest BCUT2D eigenvalue weighted by Crippen LogP contribution is -2.49. The minimum Gasteiger partial charge on any atom is -0.497 e. The molecule has 0 saturated carbocycles. The Labute approximate surface area is 212 Å². The molecule has 3 atom stereocenters. The molecule has 8 heteroatoms. The standard InChI is InChI=1S/C28H34N4O4/c1-19-15-32(20(2)18-33)28(34)25-13-22(21-8-10-24(35-4)11-9-21)14-30-27(25)36-26(19)17-31(3)16-23-7-5-6-12-29-23/h5-14,19-20,26,33H,15-18H2,1-4H3/t19-,20-,26+/m1/s1. The van der Waals surface area contributed by atoms with E-state index in [4.69, 9.17) is 9.47 Å². The summed E-state index contributed by atoms with van der Waals surface area (Å²) >= 11 is 0. The summed E-state index contributed by atoms with van der Waals surface area (Å²) in [7, 11) is 3.66. The van der Waals surface area contributed by atoms with Crippen molar-refractivity contribution < 1.29 is 19.4 Å². The van der Waals surface area contributed by atoms with Crippen LogP contribution in [0.4, 0.5) is 0 Å². The summed E-state index contributed by atoms with van der Waals surface area (Å²) in [4.78, 5) is 26.6. The van der Waals surface area contributed by atoms with E-state index in [0.717, 1.165) is 22.6 Å². The molecule has 1 N–H and O–H groups in total. The van der Waals surface area contributed by atoms with E-state index in [2.05, 4.69) is 21.8 Å². The molecule has 190 valence electrons. The fourth-order valence-corrected chi connectivity index (χ4v) is 4.40. The molecule has 8 nitrogen and oxygen atoms in total. The fourth-order valence-electron chi connectivity index (χ4n) is 4.40. The zero-order valence-electron chi connectivity index (χ0n) is 21.3. The highest BCUT2D eigenvalue weighted by Crippen LogP contribution is 2.31. The highest BCUT2D eigenvalue weighted by Gasteiger charge is 2.34. The van der Waals surface area contributed by atoms with Crippen LogP contribution in [-0.4, -0.2) is 76.8 Å². The zero-order chi connectivity index (χ0) is 25.7. The second kappa shape index (κ2) is 11.5. The number of benzene rings is 1. The number of rotatable bonds is 8. The third-order valence-corrected chi connectivity index (χ3v) is 6.59. The van der Waals surface area contributed by atoms with Gasteiger partial charge in [-0.15, -0.1) is 0 Å². The quantitative estimate of drug-likeness (QED) is 0.517. The number of aromatic nitrogens is 2. The smallest absolute Gasteiger partial charge is 0.259 e. The number of fused-ring (bicyclic) bond motifs is 1. The van der Waals surface area contributed by atoms with Crippen LogP contribution in [0.25, 0.3) is 11.1 Å². The molecule has 0 unspecified atom stereocenters. The second-order valence-electron chi connectivity index (χ2n) is 9.45. The Balaban J connectivity index is 1.65. The van der Waals surface area contributed by atoms with Crippen molar-refractivity contribution in [2.75, 3.05) is 33.9 Å². The van der Waals surface area contributed by atoms with Gasteiger partial charge in [-0.1, -0.05) is 25.1 Å². The lowest BCUT2D eigenvalue weighted by atomic mass is 9.99. The lowest BCUT2D eigenvalue weighted by molar-refractivity contribution is 0.0324. The van der Waals surface area contributed by atoms with Crippen molar-refractivity contribution in [2.24, 2.45) is 5.92 Å². The Morgan fingerprint density at radius 2 is 1.97 bits per heavy atom. The summed E-state index contributed by atoms with van der Waals surface area (Å²) in [6.07, 6.45) is 3.31. The van der Waals surface area contributed by atoms with Crippen LogP contribution in [0.5, 0.6) is 11.6 Å². The van der Waals surface area contributed by atoms with Gasteiger partial charge in [0.15, 0.2) is 0 Å². The molecular weight excluding hydrogens is 456 g/mol. The van der Waals surface area contributed by atoms with E-state index < -0.39 is 0 Å². The van der Waals surface area contributed by atoms with E-state index in [9.17, 15) is 9.90 Å². The van der Waals surface area contributed by atoms with Gasteiger partial charge in [0.2, 0.25) is 5.88 Å². The van der Waals surface area contributed by atoms with Crippen LogP contribution in [0.2, 0.25) is 0 Å². The number of hydrogen-bond donors (Lipinski definition) is 1. The van der Waals surface area contributed by atoms with Crippen molar-refractivity contribution in [3.63, 3.8) is 0 Å². The highest BCUT2D eigenvalue weighted by atomic mass is 16.5. The molecule has 1 aliphatic heterocycles. The predicted molar refractivity (Wildman–Crippen MR) is 138 cm³/mol. The first-order chi connectivity index (χ1) is 17.4. The van der Waals surface area contributed by atoms with E-state index in [0.29, 0.717) is 31.1 Å². The number of likely N-dealkylation sites (N-methyl/N-ethyl adjacent to an activating group) is 1. The monoisotopic (exact) mass is 490 g/mol. The topological polar surface area (TPSA) is 88.0 Å². The molecule has 0 radical (unpaired) electrons. The number of carbonyl (C=O) groups excluding carboxylic acids is 1. The third-order valence-electron chi connectivity index (χ3n) is 6.59. The molecule has 4 rings (SSSR count).